The van der Waals surface area contributed by atoms with Crippen molar-refractivity contribution in [3.63, 3.8) is 0 Å². The summed E-state index contributed by atoms with van der Waals surface area (Å²) in [5.41, 5.74) is 0.638. The van der Waals surface area contributed by atoms with Gasteiger partial charge in [-0.1, -0.05) is 11.6 Å². The molecule has 3 heterocycles. The van der Waals surface area contributed by atoms with Crippen LogP contribution in [0.3, 0.4) is 0 Å². The summed E-state index contributed by atoms with van der Waals surface area (Å²) in [6.07, 6.45) is -3.33. The molecule has 2 amide bonds. The Kier molecular flexibility index (Phi) is 7.93. The van der Waals surface area contributed by atoms with E-state index in [9.17, 15) is 22.8 Å². The lowest BCUT2D eigenvalue weighted by atomic mass is 10.1. The highest BCUT2D eigenvalue weighted by Crippen LogP contribution is 2.28. The molecule has 1 aromatic carbocycles. The van der Waals surface area contributed by atoms with Crippen LogP contribution in [0.25, 0.3) is 5.82 Å². The summed E-state index contributed by atoms with van der Waals surface area (Å²) in [5, 5.41) is 28.1. The fraction of sp³-hybridized carbons (Fsp3) is 0.182. The van der Waals surface area contributed by atoms with Crippen LogP contribution in [0.2, 0.25) is 5.02 Å². The van der Waals surface area contributed by atoms with Gasteiger partial charge in [0.1, 0.15) is 18.8 Å². The maximum absolute atomic E-state index is 13.5. The molecule has 4 rings (SSSR count). The molecule has 200 valence electrons. The van der Waals surface area contributed by atoms with E-state index in [0.29, 0.717) is 14.8 Å². The SMILES string of the molecule is Cc1cc(Cl)cc(C(=O)NCC#N)c1NC(=O)c1cc(Cn2nnc(C(F)(F)F)n2)nn1-c1ncccc1Br. The van der Waals surface area contributed by atoms with Crippen LogP contribution in [0.4, 0.5) is 18.9 Å². The topological polar surface area (TPSA) is 156 Å². The molecule has 0 unspecified atom stereocenters. The molecule has 0 saturated heterocycles. The second kappa shape index (κ2) is 11.2. The van der Waals surface area contributed by atoms with Gasteiger partial charge in [0.25, 0.3) is 17.6 Å². The zero-order chi connectivity index (χ0) is 28.3. The number of rotatable bonds is 7. The van der Waals surface area contributed by atoms with Crippen molar-refractivity contribution in [3.05, 3.63) is 74.4 Å². The Bertz CT molecular complexity index is 1610. The number of nitriles is 1. The van der Waals surface area contributed by atoms with Crippen LogP contribution in [-0.4, -0.2) is 53.3 Å². The van der Waals surface area contributed by atoms with E-state index in [-0.39, 0.29) is 46.6 Å². The Morgan fingerprint density at radius 1 is 1.21 bits per heavy atom. The van der Waals surface area contributed by atoms with Crippen LogP contribution >= 0.6 is 27.5 Å². The predicted octanol–water partition coefficient (Wildman–Crippen LogP) is 3.55. The highest BCUT2D eigenvalue weighted by atomic mass is 79.9. The lowest BCUT2D eigenvalue weighted by molar-refractivity contribution is -0.145. The molecule has 0 spiro atoms. The van der Waals surface area contributed by atoms with Gasteiger partial charge >= 0.3 is 6.18 Å². The second-order valence-electron chi connectivity index (χ2n) is 7.82. The van der Waals surface area contributed by atoms with Crippen molar-refractivity contribution in [2.45, 2.75) is 19.6 Å². The first-order valence-electron chi connectivity index (χ1n) is 10.8. The van der Waals surface area contributed by atoms with Gasteiger partial charge in [0.15, 0.2) is 5.82 Å². The normalized spacial score (nSPS) is 11.2. The third-order valence-corrected chi connectivity index (χ3v) is 5.89. The summed E-state index contributed by atoms with van der Waals surface area (Å²) in [5.74, 6) is -2.59. The van der Waals surface area contributed by atoms with E-state index in [1.54, 1.807) is 25.1 Å². The second-order valence-corrected chi connectivity index (χ2v) is 9.11. The Morgan fingerprint density at radius 2 is 1.97 bits per heavy atom. The third kappa shape index (κ3) is 6.21. The van der Waals surface area contributed by atoms with Crippen LogP contribution in [0.15, 0.2) is 41.0 Å². The minimum Gasteiger partial charge on any atom is -0.339 e. The van der Waals surface area contributed by atoms with Crippen LogP contribution in [0.1, 0.15) is 37.9 Å². The van der Waals surface area contributed by atoms with E-state index >= 15 is 0 Å². The number of alkyl halides is 3. The number of amides is 2. The minimum atomic E-state index is -4.78. The van der Waals surface area contributed by atoms with Gasteiger partial charge in [-0.25, -0.2) is 9.67 Å². The molecule has 4 aromatic rings. The van der Waals surface area contributed by atoms with Gasteiger partial charge in [0, 0.05) is 11.2 Å². The first-order valence-corrected chi connectivity index (χ1v) is 12.0. The molecule has 0 radical (unpaired) electrons. The van der Waals surface area contributed by atoms with Crippen molar-refractivity contribution < 1.29 is 22.8 Å². The Morgan fingerprint density at radius 3 is 2.64 bits per heavy atom. The van der Waals surface area contributed by atoms with Gasteiger partial charge in [-0.3, -0.25) is 9.59 Å². The number of aryl methyl sites for hydroxylation is 1. The molecule has 39 heavy (non-hydrogen) atoms. The first-order chi connectivity index (χ1) is 18.5. The molecule has 3 aromatic heterocycles. The van der Waals surface area contributed by atoms with E-state index in [4.69, 9.17) is 16.9 Å². The van der Waals surface area contributed by atoms with Gasteiger partial charge in [0.2, 0.25) is 0 Å². The van der Waals surface area contributed by atoms with Crippen LogP contribution in [0.5, 0.6) is 0 Å². The summed E-state index contributed by atoms with van der Waals surface area (Å²) in [6.45, 7) is 1.01. The van der Waals surface area contributed by atoms with Gasteiger partial charge in [-0.05, 0) is 64.0 Å². The van der Waals surface area contributed by atoms with Crippen LogP contribution in [0, 0.1) is 18.3 Å². The standard InChI is InChI=1S/C22H15BrClF3N10O2/c1-11-7-12(24)8-14(19(38)30-6-4-28)17(11)31-20(39)16-9-13(10-36-34-21(32-35-36)22(25,26)27)33-37(16)18-15(23)3-2-5-29-18/h2-3,5,7-9H,6,10H2,1H3,(H,30,38)(H,31,39). The molecule has 17 heteroatoms. The molecule has 0 aliphatic heterocycles. The number of nitrogens with one attached hydrogen (secondary N) is 2. The number of aromatic nitrogens is 7. The molecule has 0 bridgehead atoms. The van der Waals surface area contributed by atoms with E-state index in [1.165, 1.54) is 29.1 Å². The maximum Gasteiger partial charge on any atom is 0.455 e. The number of pyridine rings is 1. The number of hydrogen-bond donors (Lipinski definition) is 2. The lowest BCUT2D eigenvalue weighted by Gasteiger charge is -2.15. The highest BCUT2D eigenvalue weighted by molar-refractivity contribution is 9.10. The lowest BCUT2D eigenvalue weighted by Crippen LogP contribution is -2.26. The molecule has 12 nitrogen and oxygen atoms in total. The van der Waals surface area contributed by atoms with Crippen molar-refractivity contribution in [2.24, 2.45) is 0 Å². The Labute approximate surface area is 230 Å². The van der Waals surface area contributed by atoms with E-state index < -0.39 is 23.8 Å². The van der Waals surface area contributed by atoms with Crippen molar-refractivity contribution in [3.8, 4) is 11.9 Å². The number of hydrogen-bond acceptors (Lipinski definition) is 8. The van der Waals surface area contributed by atoms with Gasteiger partial charge in [0.05, 0.1) is 27.5 Å². The fourth-order valence-electron chi connectivity index (χ4n) is 3.41. The van der Waals surface area contributed by atoms with E-state index in [2.05, 4.69) is 52.1 Å². The number of anilines is 1. The largest absolute Gasteiger partial charge is 0.455 e. The van der Waals surface area contributed by atoms with Crippen LogP contribution < -0.4 is 10.6 Å². The summed E-state index contributed by atoms with van der Waals surface area (Å²) < 4.78 is 40.3. The molecule has 0 aliphatic rings. The van der Waals surface area contributed by atoms with Gasteiger partial charge in [-0.15, -0.1) is 10.2 Å². The minimum absolute atomic E-state index is 0.0143. The summed E-state index contributed by atoms with van der Waals surface area (Å²) in [7, 11) is 0. The Balaban J connectivity index is 1.73. The van der Waals surface area contributed by atoms with E-state index in [1.807, 2.05) is 0 Å². The molecular weight excluding hydrogens is 609 g/mol. The van der Waals surface area contributed by atoms with Crippen molar-refractivity contribution in [1.29, 1.82) is 5.26 Å². The number of halogens is 5. The summed E-state index contributed by atoms with van der Waals surface area (Å²) >= 11 is 9.46. The van der Waals surface area contributed by atoms with Gasteiger partial charge < -0.3 is 10.6 Å². The molecule has 0 saturated carbocycles. The molecule has 0 aliphatic carbocycles. The Hall–Kier alpha value is -4.36. The quantitative estimate of drug-likeness (QED) is 0.296. The monoisotopic (exact) mass is 622 g/mol. The van der Waals surface area contributed by atoms with Crippen molar-refractivity contribution >= 4 is 45.0 Å². The summed E-state index contributed by atoms with van der Waals surface area (Å²) in [4.78, 5) is 31.1. The molecule has 0 atom stereocenters. The number of benzene rings is 1. The number of tetrazole rings is 1. The third-order valence-electron chi connectivity index (χ3n) is 5.05. The number of nitrogens with zero attached hydrogens (tertiary/aromatic N) is 8. The van der Waals surface area contributed by atoms with Crippen molar-refractivity contribution in [2.75, 3.05) is 11.9 Å². The zero-order valence-electron chi connectivity index (χ0n) is 19.7. The average Bonchev–Trinajstić information content (AvgIpc) is 3.52. The molecular formula is C22H15BrClF3N10O2. The van der Waals surface area contributed by atoms with E-state index in [0.717, 1.165) is 0 Å². The molecule has 2 N–H and O–H groups in total. The zero-order valence-corrected chi connectivity index (χ0v) is 22.0. The summed E-state index contributed by atoms with van der Waals surface area (Å²) in [6, 6.07) is 9.27. The highest BCUT2D eigenvalue weighted by Gasteiger charge is 2.37. The number of carbonyl (C=O) groups is 2. The van der Waals surface area contributed by atoms with Crippen LogP contribution in [-0.2, 0) is 12.7 Å². The molecule has 0 fully saturated rings. The smallest absolute Gasteiger partial charge is 0.339 e. The maximum atomic E-state index is 13.5. The predicted molar refractivity (Wildman–Crippen MR) is 133 cm³/mol. The van der Waals surface area contributed by atoms with Gasteiger partial charge in [-0.2, -0.15) is 28.3 Å². The fourth-order valence-corrected chi connectivity index (χ4v) is 4.11. The average molecular weight is 624 g/mol. The van der Waals surface area contributed by atoms with Crippen molar-refractivity contribution in [1.82, 2.24) is 40.3 Å². The number of carbonyl (C=O) groups excluding carboxylic acids is 2. The first kappa shape index (κ1) is 27.7.